The highest BCUT2D eigenvalue weighted by molar-refractivity contribution is 5.74. The second kappa shape index (κ2) is 8.17. The molecule has 0 radical (unpaired) electrons. The third-order valence-corrected chi connectivity index (χ3v) is 3.46. The van der Waals surface area contributed by atoms with Gasteiger partial charge in [0.15, 0.2) is 0 Å². The summed E-state index contributed by atoms with van der Waals surface area (Å²) in [7, 11) is 0. The maximum absolute atomic E-state index is 11.7. The first-order chi connectivity index (χ1) is 9.05. The van der Waals surface area contributed by atoms with E-state index in [1.54, 1.807) is 0 Å². The molecule has 1 saturated heterocycles. The molecule has 5 nitrogen and oxygen atoms in total. The van der Waals surface area contributed by atoms with E-state index in [2.05, 4.69) is 22.1 Å². The number of aliphatic hydroxyl groups excluding tert-OH is 1. The minimum absolute atomic E-state index is 0.0129. The molecular weight excluding hydrogens is 242 g/mol. The maximum Gasteiger partial charge on any atom is 0.315 e. The molecule has 1 heterocycles. The van der Waals surface area contributed by atoms with E-state index in [1.165, 1.54) is 5.57 Å². The van der Waals surface area contributed by atoms with Gasteiger partial charge < -0.3 is 15.7 Å². The Morgan fingerprint density at radius 2 is 2.11 bits per heavy atom. The largest absolute Gasteiger partial charge is 0.394 e. The van der Waals surface area contributed by atoms with Crippen LogP contribution in [0.3, 0.4) is 0 Å². The molecule has 0 bridgehead atoms. The van der Waals surface area contributed by atoms with Crippen LogP contribution in [0.2, 0.25) is 0 Å². The summed E-state index contributed by atoms with van der Waals surface area (Å²) >= 11 is 0. The number of carbonyl (C=O) groups excluding carboxylic acids is 1. The molecule has 0 aliphatic carbocycles. The van der Waals surface area contributed by atoms with Crippen LogP contribution in [0.25, 0.3) is 0 Å². The molecule has 5 heteroatoms. The van der Waals surface area contributed by atoms with E-state index in [0.717, 1.165) is 38.9 Å². The molecule has 3 N–H and O–H groups in total. The Labute approximate surface area is 116 Å². The molecule has 1 aliphatic heterocycles. The van der Waals surface area contributed by atoms with Crippen LogP contribution in [0.15, 0.2) is 12.2 Å². The van der Waals surface area contributed by atoms with Gasteiger partial charge in [0.1, 0.15) is 0 Å². The topological polar surface area (TPSA) is 64.6 Å². The molecule has 0 aromatic heterocycles. The lowest BCUT2D eigenvalue weighted by Crippen LogP contribution is -2.50. The van der Waals surface area contributed by atoms with E-state index < -0.39 is 0 Å². The van der Waals surface area contributed by atoms with Crippen molar-refractivity contribution in [2.75, 3.05) is 26.2 Å². The Morgan fingerprint density at radius 3 is 2.58 bits per heavy atom. The summed E-state index contributed by atoms with van der Waals surface area (Å²) in [6.45, 7) is 10.8. The van der Waals surface area contributed by atoms with E-state index in [0.29, 0.717) is 0 Å². The Kier molecular flexibility index (Phi) is 6.87. The van der Waals surface area contributed by atoms with E-state index in [1.807, 2.05) is 13.8 Å². The monoisotopic (exact) mass is 269 g/mol. The summed E-state index contributed by atoms with van der Waals surface area (Å²) in [5.41, 5.74) is 1.18. The third kappa shape index (κ3) is 6.07. The number of urea groups is 1. The van der Waals surface area contributed by atoms with E-state index in [9.17, 15) is 4.79 Å². The molecule has 1 rings (SSSR count). The zero-order valence-electron chi connectivity index (χ0n) is 12.1. The fourth-order valence-corrected chi connectivity index (χ4v) is 2.31. The highest BCUT2D eigenvalue weighted by Crippen LogP contribution is 2.11. The minimum atomic E-state index is -0.167. The normalized spacial score (nSPS) is 18.9. The molecule has 0 saturated carbocycles. The fourth-order valence-electron chi connectivity index (χ4n) is 2.31. The minimum Gasteiger partial charge on any atom is -0.394 e. The lowest BCUT2D eigenvalue weighted by Gasteiger charge is -2.32. The van der Waals surface area contributed by atoms with Gasteiger partial charge in [0.25, 0.3) is 0 Å². The van der Waals surface area contributed by atoms with Gasteiger partial charge in [0, 0.05) is 25.7 Å². The first-order valence-corrected chi connectivity index (χ1v) is 7.09. The van der Waals surface area contributed by atoms with E-state index in [-0.39, 0.29) is 24.7 Å². The number of nitrogens with zero attached hydrogens (tertiary/aromatic N) is 1. The number of piperidine rings is 1. The maximum atomic E-state index is 11.7. The summed E-state index contributed by atoms with van der Waals surface area (Å²) in [6, 6.07) is -0.0830. The quantitative estimate of drug-likeness (QED) is 0.633. The van der Waals surface area contributed by atoms with Gasteiger partial charge in [-0.1, -0.05) is 19.1 Å². The fraction of sp³-hybridized carbons (Fsp3) is 0.786. The van der Waals surface area contributed by atoms with Crippen LogP contribution in [0, 0.1) is 0 Å². The van der Waals surface area contributed by atoms with E-state index in [4.69, 9.17) is 5.11 Å². The second-order valence-corrected chi connectivity index (χ2v) is 5.41. The number of aliphatic hydroxyl groups is 1. The predicted molar refractivity (Wildman–Crippen MR) is 77.1 cm³/mol. The van der Waals surface area contributed by atoms with Crippen LogP contribution >= 0.6 is 0 Å². The molecule has 1 fully saturated rings. The lowest BCUT2D eigenvalue weighted by molar-refractivity contribution is 0.192. The molecule has 1 aliphatic rings. The lowest BCUT2D eigenvalue weighted by atomic mass is 10.0. The second-order valence-electron chi connectivity index (χ2n) is 5.41. The molecule has 110 valence electrons. The van der Waals surface area contributed by atoms with Gasteiger partial charge in [-0.15, -0.1) is 0 Å². The van der Waals surface area contributed by atoms with Crippen LogP contribution in [0.4, 0.5) is 4.79 Å². The number of rotatable bonds is 6. The van der Waals surface area contributed by atoms with Crippen LogP contribution in [0.5, 0.6) is 0 Å². The van der Waals surface area contributed by atoms with Crippen molar-refractivity contribution in [2.45, 2.75) is 45.2 Å². The number of hydrogen-bond acceptors (Lipinski definition) is 3. The van der Waals surface area contributed by atoms with Crippen LogP contribution in [-0.2, 0) is 0 Å². The molecule has 0 aromatic rings. The Bertz CT molecular complexity index is 295. The highest BCUT2D eigenvalue weighted by atomic mass is 16.3. The van der Waals surface area contributed by atoms with Gasteiger partial charge >= 0.3 is 6.03 Å². The molecule has 0 aromatic carbocycles. The number of likely N-dealkylation sites (tertiary alicyclic amines) is 1. The summed E-state index contributed by atoms with van der Waals surface area (Å²) < 4.78 is 0. The molecule has 2 amide bonds. The Morgan fingerprint density at radius 1 is 1.47 bits per heavy atom. The van der Waals surface area contributed by atoms with Crippen molar-refractivity contribution in [1.29, 1.82) is 0 Å². The summed E-state index contributed by atoms with van der Waals surface area (Å²) in [6.07, 6.45) is 2.67. The van der Waals surface area contributed by atoms with Crippen LogP contribution in [0.1, 0.15) is 33.1 Å². The standard InChI is InChI=1S/C14H27N3O2/c1-4-12(10-18)15-14(19)16-13-5-7-17(8-6-13)9-11(2)3/h12-13,18H,2,4-10H2,1,3H3,(H2,15,16,19). The van der Waals surface area contributed by atoms with Crippen molar-refractivity contribution in [3.05, 3.63) is 12.2 Å². The SMILES string of the molecule is C=C(C)CN1CCC(NC(=O)NC(CC)CO)CC1. The predicted octanol–water partition coefficient (Wildman–Crippen LogP) is 1.10. The number of amides is 2. The number of hydrogen-bond donors (Lipinski definition) is 3. The first kappa shape index (κ1) is 16.0. The van der Waals surface area contributed by atoms with Gasteiger partial charge in [0.05, 0.1) is 12.6 Å². The Hall–Kier alpha value is -1.07. The van der Waals surface area contributed by atoms with Gasteiger partial charge in [-0.3, -0.25) is 4.90 Å². The van der Waals surface area contributed by atoms with Crippen molar-refractivity contribution >= 4 is 6.03 Å². The summed E-state index contributed by atoms with van der Waals surface area (Å²) in [5, 5.41) is 14.8. The molecular formula is C14H27N3O2. The highest BCUT2D eigenvalue weighted by Gasteiger charge is 2.21. The molecule has 1 unspecified atom stereocenters. The van der Waals surface area contributed by atoms with Gasteiger partial charge in [-0.2, -0.15) is 0 Å². The summed E-state index contributed by atoms with van der Waals surface area (Å²) in [5.74, 6) is 0. The number of carbonyl (C=O) groups is 1. The zero-order valence-corrected chi connectivity index (χ0v) is 12.1. The molecule has 1 atom stereocenters. The van der Waals surface area contributed by atoms with Gasteiger partial charge in [-0.05, 0) is 26.2 Å². The smallest absolute Gasteiger partial charge is 0.315 e. The van der Waals surface area contributed by atoms with Crippen LogP contribution < -0.4 is 10.6 Å². The average molecular weight is 269 g/mol. The van der Waals surface area contributed by atoms with Crippen molar-refractivity contribution in [3.63, 3.8) is 0 Å². The van der Waals surface area contributed by atoms with E-state index >= 15 is 0 Å². The van der Waals surface area contributed by atoms with Gasteiger partial charge in [0.2, 0.25) is 0 Å². The van der Waals surface area contributed by atoms with Crippen molar-refractivity contribution in [2.24, 2.45) is 0 Å². The third-order valence-electron chi connectivity index (χ3n) is 3.46. The first-order valence-electron chi connectivity index (χ1n) is 7.09. The van der Waals surface area contributed by atoms with Crippen molar-refractivity contribution in [1.82, 2.24) is 15.5 Å². The van der Waals surface area contributed by atoms with Crippen LogP contribution in [-0.4, -0.2) is 54.4 Å². The molecule has 0 spiro atoms. The Balaban J connectivity index is 2.25. The zero-order chi connectivity index (χ0) is 14.3. The van der Waals surface area contributed by atoms with Gasteiger partial charge in [-0.25, -0.2) is 4.79 Å². The van der Waals surface area contributed by atoms with Crippen molar-refractivity contribution < 1.29 is 9.90 Å². The summed E-state index contributed by atoms with van der Waals surface area (Å²) in [4.78, 5) is 14.1. The molecule has 19 heavy (non-hydrogen) atoms. The average Bonchev–Trinajstić information content (AvgIpc) is 2.37. The number of nitrogens with one attached hydrogen (secondary N) is 2. The van der Waals surface area contributed by atoms with Crippen molar-refractivity contribution in [3.8, 4) is 0 Å².